The van der Waals surface area contributed by atoms with Gasteiger partial charge in [0.25, 0.3) is 0 Å². The number of nitrogens with one attached hydrogen (secondary N) is 1. The molecule has 7 heteroatoms. The molecule has 2 rings (SSSR count). The molecule has 0 spiro atoms. The Bertz CT molecular complexity index is 851. The van der Waals surface area contributed by atoms with Crippen LogP contribution in [-0.4, -0.2) is 32.8 Å². The summed E-state index contributed by atoms with van der Waals surface area (Å²) in [6.07, 6.45) is 1.09. The minimum absolute atomic E-state index is 0.0623. The highest BCUT2D eigenvalue weighted by molar-refractivity contribution is 9.10. The van der Waals surface area contributed by atoms with Crippen LogP contribution >= 0.6 is 15.9 Å². The molecule has 5 nitrogen and oxygen atoms in total. The lowest BCUT2D eigenvalue weighted by Crippen LogP contribution is -2.31. The predicted molar refractivity (Wildman–Crippen MR) is 106 cm³/mol. The minimum atomic E-state index is -3.62. The first-order valence-electron chi connectivity index (χ1n) is 8.39. The first-order chi connectivity index (χ1) is 12.3. The number of benzene rings is 2. The number of amides is 1. The lowest BCUT2D eigenvalue weighted by atomic mass is 10.1. The van der Waals surface area contributed by atoms with Crippen molar-refractivity contribution in [3.05, 3.63) is 64.1 Å². The quantitative estimate of drug-likeness (QED) is 0.686. The van der Waals surface area contributed by atoms with Gasteiger partial charge in [-0.1, -0.05) is 53.2 Å². The van der Waals surface area contributed by atoms with Crippen LogP contribution in [0.25, 0.3) is 0 Å². The van der Waals surface area contributed by atoms with Gasteiger partial charge in [-0.25, -0.2) is 13.1 Å². The van der Waals surface area contributed by atoms with E-state index in [0.29, 0.717) is 11.0 Å². The summed E-state index contributed by atoms with van der Waals surface area (Å²) in [7, 11) is -1.90. The summed E-state index contributed by atoms with van der Waals surface area (Å²) >= 11 is 3.25. The maximum atomic E-state index is 12.2. The van der Waals surface area contributed by atoms with Gasteiger partial charge in [-0.05, 0) is 35.7 Å². The van der Waals surface area contributed by atoms with Gasteiger partial charge in [-0.2, -0.15) is 0 Å². The molecule has 0 fully saturated rings. The van der Waals surface area contributed by atoms with E-state index in [0.717, 1.165) is 12.0 Å². The SMILES string of the molecule is CCc1ccc(CN(C)C(=O)CCNS(=O)(=O)c2cccc(Br)c2)cc1. The molecule has 0 saturated carbocycles. The van der Waals surface area contributed by atoms with Gasteiger partial charge in [0, 0.05) is 31.0 Å². The van der Waals surface area contributed by atoms with Gasteiger partial charge in [0.1, 0.15) is 0 Å². The molecule has 0 aromatic heterocycles. The normalized spacial score (nSPS) is 11.3. The predicted octanol–water partition coefficient (Wildman–Crippen LogP) is 3.34. The van der Waals surface area contributed by atoms with Crippen molar-refractivity contribution >= 4 is 31.9 Å². The van der Waals surface area contributed by atoms with E-state index in [4.69, 9.17) is 0 Å². The van der Waals surface area contributed by atoms with Crippen molar-refractivity contribution in [3.63, 3.8) is 0 Å². The van der Waals surface area contributed by atoms with Gasteiger partial charge >= 0.3 is 0 Å². The van der Waals surface area contributed by atoms with Crippen LogP contribution in [0.15, 0.2) is 57.9 Å². The molecule has 0 aliphatic carbocycles. The van der Waals surface area contributed by atoms with Crippen LogP contribution in [0.3, 0.4) is 0 Å². The van der Waals surface area contributed by atoms with Crippen LogP contribution in [0, 0.1) is 0 Å². The van der Waals surface area contributed by atoms with Crippen LogP contribution in [-0.2, 0) is 27.8 Å². The maximum absolute atomic E-state index is 12.2. The largest absolute Gasteiger partial charge is 0.341 e. The molecule has 2 aromatic carbocycles. The standard InChI is InChI=1S/C19H23BrN2O3S/c1-3-15-7-9-16(10-8-15)14-22(2)19(23)11-12-21-26(24,25)18-6-4-5-17(20)13-18/h4-10,13,21H,3,11-12,14H2,1-2H3. The topological polar surface area (TPSA) is 66.5 Å². The Morgan fingerprint density at radius 2 is 1.77 bits per heavy atom. The fourth-order valence-corrected chi connectivity index (χ4v) is 4.07. The van der Waals surface area contributed by atoms with Crippen molar-refractivity contribution in [2.75, 3.05) is 13.6 Å². The van der Waals surface area contributed by atoms with Gasteiger partial charge in [0.15, 0.2) is 0 Å². The minimum Gasteiger partial charge on any atom is -0.341 e. The number of carbonyl (C=O) groups excluding carboxylic acids is 1. The Kier molecular flexibility index (Phi) is 7.37. The number of aryl methyl sites for hydroxylation is 1. The van der Waals surface area contributed by atoms with Crippen LogP contribution in [0.1, 0.15) is 24.5 Å². The Morgan fingerprint density at radius 1 is 1.12 bits per heavy atom. The molecule has 0 heterocycles. The van der Waals surface area contributed by atoms with Crippen LogP contribution < -0.4 is 4.72 Å². The molecule has 0 bridgehead atoms. The highest BCUT2D eigenvalue weighted by Gasteiger charge is 2.15. The molecule has 0 unspecified atom stereocenters. The van der Waals surface area contributed by atoms with E-state index in [1.807, 2.05) is 12.1 Å². The molecule has 0 aliphatic heterocycles. The number of nitrogens with zero attached hydrogens (tertiary/aromatic N) is 1. The van der Waals surface area contributed by atoms with E-state index in [-0.39, 0.29) is 23.8 Å². The van der Waals surface area contributed by atoms with Crippen molar-refractivity contribution < 1.29 is 13.2 Å². The van der Waals surface area contributed by atoms with Crippen molar-refractivity contribution in [2.45, 2.75) is 31.2 Å². The molecule has 140 valence electrons. The Balaban J connectivity index is 1.85. The molecule has 2 aromatic rings. The third kappa shape index (κ3) is 5.93. The van der Waals surface area contributed by atoms with Crippen LogP contribution in [0.5, 0.6) is 0 Å². The average molecular weight is 439 g/mol. The molecule has 1 N–H and O–H groups in total. The number of sulfonamides is 1. The maximum Gasteiger partial charge on any atom is 0.240 e. The highest BCUT2D eigenvalue weighted by Crippen LogP contribution is 2.15. The van der Waals surface area contributed by atoms with Crippen molar-refractivity contribution in [1.29, 1.82) is 0 Å². The second kappa shape index (κ2) is 9.30. The van der Waals surface area contributed by atoms with E-state index in [1.165, 1.54) is 17.7 Å². The lowest BCUT2D eigenvalue weighted by molar-refractivity contribution is -0.130. The summed E-state index contributed by atoms with van der Waals surface area (Å²) in [6.45, 7) is 2.66. The average Bonchev–Trinajstić information content (AvgIpc) is 2.62. The fourth-order valence-electron chi connectivity index (χ4n) is 2.44. The summed E-state index contributed by atoms with van der Waals surface area (Å²) in [5.41, 5.74) is 2.30. The zero-order chi connectivity index (χ0) is 19.2. The van der Waals surface area contributed by atoms with Gasteiger partial charge in [0.2, 0.25) is 15.9 Å². The summed E-state index contributed by atoms with van der Waals surface area (Å²) in [5, 5.41) is 0. The summed E-state index contributed by atoms with van der Waals surface area (Å²) < 4.78 is 27.6. The molecule has 1 amide bonds. The Morgan fingerprint density at radius 3 is 2.38 bits per heavy atom. The van der Waals surface area contributed by atoms with Gasteiger partial charge in [-0.15, -0.1) is 0 Å². The van der Waals surface area contributed by atoms with Gasteiger partial charge < -0.3 is 4.90 Å². The summed E-state index contributed by atoms with van der Waals surface area (Å²) in [5.74, 6) is -0.110. The number of carbonyl (C=O) groups is 1. The molecule has 0 radical (unpaired) electrons. The third-order valence-corrected chi connectivity index (χ3v) is 5.97. The first kappa shape index (κ1) is 20.6. The van der Waals surface area contributed by atoms with Crippen molar-refractivity contribution in [3.8, 4) is 0 Å². The fraction of sp³-hybridized carbons (Fsp3) is 0.316. The van der Waals surface area contributed by atoms with Crippen LogP contribution in [0.4, 0.5) is 0 Å². The number of hydrogen-bond acceptors (Lipinski definition) is 3. The number of rotatable bonds is 8. The molecular weight excluding hydrogens is 416 g/mol. The summed E-state index contributed by atoms with van der Waals surface area (Å²) in [6, 6.07) is 14.6. The zero-order valence-corrected chi connectivity index (χ0v) is 17.3. The molecule has 26 heavy (non-hydrogen) atoms. The van der Waals surface area contributed by atoms with E-state index in [9.17, 15) is 13.2 Å². The summed E-state index contributed by atoms with van der Waals surface area (Å²) in [4.78, 5) is 14.0. The molecule has 0 saturated heterocycles. The van der Waals surface area contributed by atoms with Gasteiger partial charge in [0.05, 0.1) is 4.90 Å². The van der Waals surface area contributed by atoms with E-state index in [1.54, 1.807) is 24.1 Å². The van der Waals surface area contributed by atoms with E-state index >= 15 is 0 Å². The van der Waals surface area contributed by atoms with Crippen molar-refractivity contribution in [1.82, 2.24) is 9.62 Å². The lowest BCUT2D eigenvalue weighted by Gasteiger charge is -2.17. The second-order valence-corrected chi connectivity index (χ2v) is 8.71. The highest BCUT2D eigenvalue weighted by atomic mass is 79.9. The molecule has 0 aliphatic rings. The molecule has 0 atom stereocenters. The van der Waals surface area contributed by atoms with E-state index < -0.39 is 10.0 Å². The van der Waals surface area contributed by atoms with E-state index in [2.05, 4.69) is 39.7 Å². The smallest absolute Gasteiger partial charge is 0.240 e. The third-order valence-electron chi connectivity index (χ3n) is 4.01. The zero-order valence-electron chi connectivity index (χ0n) is 14.9. The van der Waals surface area contributed by atoms with Gasteiger partial charge in [-0.3, -0.25) is 4.79 Å². The van der Waals surface area contributed by atoms with Crippen LogP contribution in [0.2, 0.25) is 0 Å². The Hall–Kier alpha value is -1.70. The van der Waals surface area contributed by atoms with Crippen molar-refractivity contribution in [2.24, 2.45) is 0 Å². The Labute approximate surface area is 163 Å². The number of hydrogen-bond donors (Lipinski definition) is 1. The monoisotopic (exact) mass is 438 g/mol. The number of halogens is 1. The second-order valence-electron chi connectivity index (χ2n) is 6.02. The first-order valence-corrected chi connectivity index (χ1v) is 10.7. The molecular formula is C19H23BrN2O3S.